The second kappa shape index (κ2) is 7.97. The highest BCUT2D eigenvalue weighted by Crippen LogP contribution is 2.05. The van der Waals surface area contributed by atoms with Gasteiger partial charge in [0.2, 0.25) is 5.95 Å². The van der Waals surface area contributed by atoms with Crippen molar-refractivity contribution in [2.24, 2.45) is 0 Å². The lowest BCUT2D eigenvalue weighted by Crippen LogP contribution is -2.22. The molecule has 1 rings (SSSR count). The molecule has 0 aromatic carbocycles. The zero-order chi connectivity index (χ0) is 12.5. The quantitative estimate of drug-likeness (QED) is 0.656. The maximum Gasteiger partial charge on any atom is 0.224 e. The highest BCUT2D eigenvalue weighted by molar-refractivity contribution is 5.28. The number of anilines is 1. The van der Waals surface area contributed by atoms with Gasteiger partial charge in [-0.15, -0.1) is 0 Å². The molecule has 0 atom stereocenters. The van der Waals surface area contributed by atoms with Crippen LogP contribution in [0.3, 0.4) is 0 Å². The maximum absolute atomic E-state index is 8.75. The zero-order valence-corrected chi connectivity index (χ0v) is 10.7. The van der Waals surface area contributed by atoms with E-state index in [0.29, 0.717) is 5.95 Å². The van der Waals surface area contributed by atoms with E-state index < -0.39 is 0 Å². The van der Waals surface area contributed by atoms with Crippen LogP contribution in [0, 0.1) is 0 Å². The Labute approximate surface area is 103 Å². The predicted molar refractivity (Wildman–Crippen MR) is 69.0 cm³/mol. The van der Waals surface area contributed by atoms with Crippen molar-refractivity contribution in [2.45, 2.75) is 26.3 Å². The maximum atomic E-state index is 8.75. The van der Waals surface area contributed by atoms with Crippen LogP contribution in [0.2, 0.25) is 0 Å². The fourth-order valence-electron chi connectivity index (χ4n) is 1.45. The molecule has 5 heteroatoms. The molecule has 0 radical (unpaired) electrons. The summed E-state index contributed by atoms with van der Waals surface area (Å²) in [6.07, 6.45) is 5.56. The summed E-state index contributed by atoms with van der Waals surface area (Å²) >= 11 is 0. The van der Waals surface area contributed by atoms with Gasteiger partial charge in [-0.2, -0.15) is 0 Å². The second-order valence-electron chi connectivity index (χ2n) is 4.07. The summed E-state index contributed by atoms with van der Waals surface area (Å²) in [7, 11) is 1.93. The van der Waals surface area contributed by atoms with Crippen molar-refractivity contribution in [3.63, 3.8) is 0 Å². The van der Waals surface area contributed by atoms with Crippen molar-refractivity contribution in [3.8, 4) is 0 Å². The molecule has 0 fully saturated rings. The first-order valence-corrected chi connectivity index (χ1v) is 6.11. The van der Waals surface area contributed by atoms with Gasteiger partial charge in [-0.1, -0.05) is 6.92 Å². The van der Waals surface area contributed by atoms with Crippen LogP contribution >= 0.6 is 0 Å². The Balaban J connectivity index is 2.43. The number of nitrogens with zero attached hydrogens (tertiary/aromatic N) is 3. The minimum absolute atomic E-state index is 0.198. The number of aromatic nitrogens is 2. The number of rotatable bonds is 8. The molecule has 1 aromatic rings. The van der Waals surface area contributed by atoms with Gasteiger partial charge < -0.3 is 15.3 Å². The topological polar surface area (TPSA) is 61.3 Å². The van der Waals surface area contributed by atoms with Crippen LogP contribution in [0.5, 0.6) is 0 Å². The molecule has 5 nitrogen and oxygen atoms in total. The van der Waals surface area contributed by atoms with E-state index >= 15 is 0 Å². The molecule has 1 aromatic heterocycles. The number of nitrogens with one attached hydrogen (secondary N) is 1. The molecule has 0 bridgehead atoms. The zero-order valence-electron chi connectivity index (χ0n) is 10.7. The normalized spacial score (nSPS) is 10.5. The Kier molecular flexibility index (Phi) is 6.50. The Morgan fingerprint density at radius 1 is 1.35 bits per heavy atom. The van der Waals surface area contributed by atoms with E-state index in [2.05, 4.69) is 22.2 Å². The van der Waals surface area contributed by atoms with Crippen LogP contribution < -0.4 is 10.2 Å². The molecule has 0 aliphatic heterocycles. The Bertz CT molecular complexity index is 302. The van der Waals surface area contributed by atoms with Gasteiger partial charge in [0, 0.05) is 44.7 Å². The molecule has 0 saturated carbocycles. The summed E-state index contributed by atoms with van der Waals surface area (Å²) in [6, 6.07) is 0. The van der Waals surface area contributed by atoms with Gasteiger partial charge in [0.1, 0.15) is 0 Å². The monoisotopic (exact) mass is 238 g/mol. The van der Waals surface area contributed by atoms with Crippen LogP contribution in [0.25, 0.3) is 0 Å². The lowest BCUT2D eigenvalue weighted by Gasteiger charge is -2.16. The molecule has 17 heavy (non-hydrogen) atoms. The third-order valence-electron chi connectivity index (χ3n) is 2.44. The first kappa shape index (κ1) is 13.9. The lowest BCUT2D eigenvalue weighted by molar-refractivity contribution is 0.290. The van der Waals surface area contributed by atoms with Gasteiger partial charge in [-0.25, -0.2) is 9.97 Å². The standard InChI is InChI=1S/C12H22N4O/c1-3-5-13-8-11-9-14-12(15-10-11)16(2)6-4-7-17/h9-10,13,17H,3-8H2,1-2H3. The van der Waals surface area contributed by atoms with Crippen LogP contribution in [0.15, 0.2) is 12.4 Å². The molecule has 1 heterocycles. The highest BCUT2D eigenvalue weighted by Gasteiger charge is 2.03. The fraction of sp³-hybridized carbons (Fsp3) is 0.667. The number of aliphatic hydroxyl groups excluding tert-OH is 1. The summed E-state index contributed by atoms with van der Waals surface area (Å²) in [5.41, 5.74) is 1.10. The van der Waals surface area contributed by atoms with Crippen molar-refractivity contribution >= 4 is 5.95 Å². The molecule has 0 unspecified atom stereocenters. The molecule has 0 aliphatic rings. The predicted octanol–water partition coefficient (Wildman–Crippen LogP) is 0.795. The summed E-state index contributed by atoms with van der Waals surface area (Å²) in [4.78, 5) is 10.6. The first-order chi connectivity index (χ1) is 8.27. The van der Waals surface area contributed by atoms with Crippen LogP contribution in [-0.2, 0) is 6.54 Å². The van der Waals surface area contributed by atoms with Crippen molar-refractivity contribution in [3.05, 3.63) is 18.0 Å². The van der Waals surface area contributed by atoms with E-state index in [9.17, 15) is 0 Å². The average Bonchev–Trinajstić information content (AvgIpc) is 2.37. The number of aliphatic hydroxyl groups is 1. The summed E-state index contributed by atoms with van der Waals surface area (Å²) < 4.78 is 0. The number of hydrogen-bond donors (Lipinski definition) is 2. The largest absolute Gasteiger partial charge is 0.396 e. The van der Waals surface area contributed by atoms with Crippen LogP contribution in [0.1, 0.15) is 25.3 Å². The summed E-state index contributed by atoms with van der Waals surface area (Å²) in [5, 5.41) is 12.1. The van der Waals surface area contributed by atoms with Crippen molar-refractivity contribution in [1.82, 2.24) is 15.3 Å². The molecular formula is C12H22N4O. The Morgan fingerprint density at radius 3 is 2.65 bits per heavy atom. The lowest BCUT2D eigenvalue weighted by atomic mass is 10.3. The van der Waals surface area contributed by atoms with Crippen LogP contribution in [-0.4, -0.2) is 41.8 Å². The molecule has 0 aliphatic carbocycles. The van der Waals surface area contributed by atoms with Crippen molar-refractivity contribution < 1.29 is 5.11 Å². The average molecular weight is 238 g/mol. The van der Waals surface area contributed by atoms with Gasteiger partial charge >= 0.3 is 0 Å². The Morgan fingerprint density at radius 2 is 2.06 bits per heavy atom. The van der Waals surface area contributed by atoms with Crippen molar-refractivity contribution in [2.75, 3.05) is 31.6 Å². The molecule has 0 spiro atoms. The third kappa shape index (κ3) is 5.10. The van der Waals surface area contributed by atoms with Crippen molar-refractivity contribution in [1.29, 1.82) is 0 Å². The van der Waals surface area contributed by atoms with Gasteiger partial charge in [-0.05, 0) is 19.4 Å². The third-order valence-corrected chi connectivity index (χ3v) is 2.44. The van der Waals surface area contributed by atoms with E-state index in [1.54, 1.807) is 0 Å². The minimum Gasteiger partial charge on any atom is -0.396 e. The molecule has 2 N–H and O–H groups in total. The first-order valence-electron chi connectivity index (χ1n) is 6.11. The smallest absolute Gasteiger partial charge is 0.224 e. The van der Waals surface area contributed by atoms with E-state index in [0.717, 1.165) is 38.0 Å². The van der Waals surface area contributed by atoms with Gasteiger partial charge in [-0.3, -0.25) is 0 Å². The van der Waals surface area contributed by atoms with Gasteiger partial charge in [0.25, 0.3) is 0 Å². The second-order valence-corrected chi connectivity index (χ2v) is 4.07. The Hall–Kier alpha value is -1.20. The summed E-state index contributed by atoms with van der Waals surface area (Å²) in [5.74, 6) is 0.706. The summed E-state index contributed by atoms with van der Waals surface area (Å²) in [6.45, 7) is 4.93. The van der Waals surface area contributed by atoms with E-state index in [4.69, 9.17) is 5.11 Å². The van der Waals surface area contributed by atoms with E-state index in [1.807, 2.05) is 24.3 Å². The van der Waals surface area contributed by atoms with E-state index in [1.165, 1.54) is 0 Å². The molecule has 96 valence electrons. The van der Waals surface area contributed by atoms with Gasteiger partial charge in [0.15, 0.2) is 0 Å². The molecule has 0 amide bonds. The minimum atomic E-state index is 0.198. The fourth-order valence-corrected chi connectivity index (χ4v) is 1.45. The molecular weight excluding hydrogens is 216 g/mol. The molecule has 0 saturated heterocycles. The number of hydrogen-bond acceptors (Lipinski definition) is 5. The SMILES string of the molecule is CCCNCc1cnc(N(C)CCCO)nc1. The van der Waals surface area contributed by atoms with Gasteiger partial charge in [0.05, 0.1) is 0 Å². The van der Waals surface area contributed by atoms with E-state index in [-0.39, 0.29) is 6.61 Å². The van der Waals surface area contributed by atoms with Crippen LogP contribution in [0.4, 0.5) is 5.95 Å². The highest BCUT2D eigenvalue weighted by atomic mass is 16.3.